The van der Waals surface area contributed by atoms with Crippen LogP contribution in [0.5, 0.6) is 0 Å². The van der Waals surface area contributed by atoms with E-state index in [9.17, 15) is 0 Å². The molecule has 1 heterocycles. The van der Waals surface area contributed by atoms with Gasteiger partial charge in [0.15, 0.2) is 0 Å². The molecule has 0 bridgehead atoms. The molecule has 0 amide bonds. The quantitative estimate of drug-likeness (QED) is 0.810. The minimum atomic E-state index is 0.660. The molecule has 1 N–H and O–H groups in total. The van der Waals surface area contributed by atoms with Gasteiger partial charge < -0.3 is 5.32 Å². The SMILES string of the molecule is CC(C)C1CN(CC2(C(C)C)CC2)C(C)CN1. The molecular formula is C15H30N2. The van der Waals surface area contributed by atoms with Gasteiger partial charge in [-0.2, -0.15) is 0 Å². The molecule has 0 aromatic heterocycles. The van der Waals surface area contributed by atoms with E-state index in [0.29, 0.717) is 17.5 Å². The van der Waals surface area contributed by atoms with Crippen LogP contribution in [-0.4, -0.2) is 36.6 Å². The second kappa shape index (κ2) is 4.89. The van der Waals surface area contributed by atoms with Gasteiger partial charge in [-0.05, 0) is 37.0 Å². The van der Waals surface area contributed by atoms with Crippen molar-refractivity contribution in [3.8, 4) is 0 Å². The van der Waals surface area contributed by atoms with Crippen LogP contribution in [0.4, 0.5) is 0 Å². The Hall–Kier alpha value is -0.0800. The fourth-order valence-corrected chi connectivity index (χ4v) is 3.10. The second-order valence-corrected chi connectivity index (χ2v) is 7.05. The summed E-state index contributed by atoms with van der Waals surface area (Å²) in [5.74, 6) is 1.60. The van der Waals surface area contributed by atoms with Gasteiger partial charge in [0.05, 0.1) is 0 Å². The molecule has 1 saturated carbocycles. The minimum absolute atomic E-state index is 0.660. The maximum atomic E-state index is 3.69. The molecule has 0 aromatic rings. The van der Waals surface area contributed by atoms with Gasteiger partial charge >= 0.3 is 0 Å². The molecule has 2 nitrogen and oxygen atoms in total. The zero-order chi connectivity index (χ0) is 12.6. The van der Waals surface area contributed by atoms with Crippen molar-refractivity contribution < 1.29 is 0 Å². The first-order valence-corrected chi connectivity index (χ1v) is 7.42. The lowest BCUT2D eigenvalue weighted by Gasteiger charge is -2.42. The number of nitrogens with zero attached hydrogens (tertiary/aromatic N) is 1. The molecule has 1 saturated heterocycles. The Bertz CT molecular complexity index is 256. The predicted octanol–water partition coefficient (Wildman–Crippen LogP) is 2.74. The Kier molecular flexibility index (Phi) is 3.84. The van der Waals surface area contributed by atoms with Crippen molar-refractivity contribution in [2.45, 2.75) is 59.5 Å². The number of rotatable bonds is 4. The predicted molar refractivity (Wildman–Crippen MR) is 74.2 cm³/mol. The topological polar surface area (TPSA) is 15.3 Å². The molecule has 2 aliphatic rings. The van der Waals surface area contributed by atoms with Gasteiger partial charge in [0.1, 0.15) is 0 Å². The van der Waals surface area contributed by atoms with E-state index in [0.717, 1.165) is 18.4 Å². The van der Waals surface area contributed by atoms with Gasteiger partial charge in [-0.1, -0.05) is 27.7 Å². The van der Waals surface area contributed by atoms with Crippen LogP contribution in [0.15, 0.2) is 0 Å². The normalized spacial score (nSPS) is 33.4. The van der Waals surface area contributed by atoms with Crippen molar-refractivity contribution >= 4 is 0 Å². The highest BCUT2D eigenvalue weighted by Crippen LogP contribution is 2.52. The van der Waals surface area contributed by atoms with Crippen molar-refractivity contribution in [1.29, 1.82) is 0 Å². The van der Waals surface area contributed by atoms with Crippen molar-refractivity contribution in [2.24, 2.45) is 17.3 Å². The van der Waals surface area contributed by atoms with E-state index in [2.05, 4.69) is 44.8 Å². The fourth-order valence-electron chi connectivity index (χ4n) is 3.10. The third-order valence-corrected chi connectivity index (χ3v) is 5.17. The fraction of sp³-hybridized carbons (Fsp3) is 1.00. The average molecular weight is 238 g/mol. The molecule has 2 rings (SSSR count). The molecule has 2 unspecified atom stereocenters. The van der Waals surface area contributed by atoms with E-state index >= 15 is 0 Å². The van der Waals surface area contributed by atoms with Crippen LogP contribution in [0.2, 0.25) is 0 Å². The number of nitrogens with one attached hydrogen (secondary N) is 1. The molecule has 1 aliphatic carbocycles. The monoisotopic (exact) mass is 238 g/mol. The molecule has 0 radical (unpaired) electrons. The van der Waals surface area contributed by atoms with Gasteiger partial charge in [0, 0.05) is 31.7 Å². The maximum Gasteiger partial charge on any atom is 0.0218 e. The zero-order valence-electron chi connectivity index (χ0n) is 12.3. The van der Waals surface area contributed by atoms with E-state index in [1.54, 1.807) is 0 Å². The molecule has 17 heavy (non-hydrogen) atoms. The summed E-state index contributed by atoms with van der Waals surface area (Å²) in [6, 6.07) is 1.40. The summed E-state index contributed by atoms with van der Waals surface area (Å²) in [6.45, 7) is 15.6. The Labute approximate surface area is 107 Å². The third kappa shape index (κ3) is 2.85. The molecule has 2 fully saturated rings. The maximum absolute atomic E-state index is 3.69. The van der Waals surface area contributed by atoms with Crippen molar-refractivity contribution in [3.63, 3.8) is 0 Å². The van der Waals surface area contributed by atoms with E-state index < -0.39 is 0 Å². The molecule has 0 aromatic carbocycles. The summed E-state index contributed by atoms with van der Waals surface area (Å²) < 4.78 is 0. The minimum Gasteiger partial charge on any atom is -0.311 e. The standard InChI is InChI=1S/C15H30N2/c1-11(2)14-9-17(13(5)8-16-14)10-15(6-7-15)12(3)4/h11-14,16H,6-10H2,1-5H3. The number of hydrogen-bond donors (Lipinski definition) is 1. The number of piperazine rings is 1. The van der Waals surface area contributed by atoms with Gasteiger partial charge in [-0.25, -0.2) is 0 Å². The lowest BCUT2D eigenvalue weighted by Crippen LogP contribution is -2.58. The highest BCUT2D eigenvalue weighted by molar-refractivity contribution is 5.00. The first-order valence-electron chi connectivity index (χ1n) is 7.42. The number of hydrogen-bond acceptors (Lipinski definition) is 2. The van der Waals surface area contributed by atoms with Crippen LogP contribution in [0.3, 0.4) is 0 Å². The van der Waals surface area contributed by atoms with Gasteiger partial charge in [-0.3, -0.25) is 4.90 Å². The van der Waals surface area contributed by atoms with E-state index in [-0.39, 0.29) is 0 Å². The molecule has 100 valence electrons. The Balaban J connectivity index is 1.94. The Morgan fingerprint density at radius 2 is 1.88 bits per heavy atom. The molecular weight excluding hydrogens is 208 g/mol. The highest BCUT2D eigenvalue weighted by Gasteiger charge is 2.47. The first kappa shape index (κ1) is 13.4. The van der Waals surface area contributed by atoms with Crippen LogP contribution >= 0.6 is 0 Å². The summed E-state index contributed by atoms with van der Waals surface area (Å²) in [5, 5.41) is 3.69. The smallest absolute Gasteiger partial charge is 0.0218 e. The van der Waals surface area contributed by atoms with Crippen LogP contribution in [0.25, 0.3) is 0 Å². The second-order valence-electron chi connectivity index (χ2n) is 7.05. The Morgan fingerprint density at radius 3 is 2.35 bits per heavy atom. The summed E-state index contributed by atoms with van der Waals surface area (Å²) in [4.78, 5) is 2.74. The lowest BCUT2D eigenvalue weighted by molar-refractivity contribution is 0.0868. The summed E-state index contributed by atoms with van der Waals surface area (Å²) >= 11 is 0. The largest absolute Gasteiger partial charge is 0.311 e. The van der Waals surface area contributed by atoms with Crippen molar-refractivity contribution in [1.82, 2.24) is 10.2 Å². The van der Waals surface area contributed by atoms with Gasteiger partial charge in [0.25, 0.3) is 0 Å². The first-order chi connectivity index (χ1) is 7.94. The summed E-state index contributed by atoms with van der Waals surface area (Å²) in [5.41, 5.74) is 0.660. The summed E-state index contributed by atoms with van der Waals surface area (Å²) in [7, 11) is 0. The van der Waals surface area contributed by atoms with Crippen LogP contribution in [-0.2, 0) is 0 Å². The van der Waals surface area contributed by atoms with Gasteiger partial charge in [-0.15, -0.1) is 0 Å². The molecule has 0 spiro atoms. The van der Waals surface area contributed by atoms with Crippen LogP contribution in [0.1, 0.15) is 47.5 Å². The van der Waals surface area contributed by atoms with Gasteiger partial charge in [0.2, 0.25) is 0 Å². The third-order valence-electron chi connectivity index (χ3n) is 5.17. The zero-order valence-corrected chi connectivity index (χ0v) is 12.3. The highest BCUT2D eigenvalue weighted by atomic mass is 15.2. The van der Waals surface area contributed by atoms with E-state index in [1.165, 1.54) is 25.9 Å². The van der Waals surface area contributed by atoms with Crippen LogP contribution in [0, 0.1) is 17.3 Å². The average Bonchev–Trinajstić information content (AvgIpc) is 3.02. The van der Waals surface area contributed by atoms with Crippen molar-refractivity contribution in [2.75, 3.05) is 19.6 Å². The molecule has 2 atom stereocenters. The summed E-state index contributed by atoms with van der Waals surface area (Å²) in [6.07, 6.45) is 2.90. The Morgan fingerprint density at radius 1 is 1.24 bits per heavy atom. The molecule has 1 aliphatic heterocycles. The van der Waals surface area contributed by atoms with E-state index in [4.69, 9.17) is 0 Å². The lowest BCUT2D eigenvalue weighted by atomic mass is 9.90. The van der Waals surface area contributed by atoms with E-state index in [1.807, 2.05) is 0 Å². The van der Waals surface area contributed by atoms with Crippen molar-refractivity contribution in [3.05, 3.63) is 0 Å². The van der Waals surface area contributed by atoms with Crippen LogP contribution < -0.4 is 5.32 Å². The molecule has 2 heteroatoms.